The summed E-state index contributed by atoms with van der Waals surface area (Å²) in [6, 6.07) is 16.2. The molecule has 0 saturated heterocycles. The van der Waals surface area contributed by atoms with Crippen LogP contribution >= 0.6 is 0 Å². The summed E-state index contributed by atoms with van der Waals surface area (Å²) in [5.74, 6) is 1.37. The third-order valence-corrected chi connectivity index (χ3v) is 3.90. The number of rotatable bonds is 6. The highest BCUT2D eigenvalue weighted by molar-refractivity contribution is 5.79. The maximum absolute atomic E-state index is 5.14. The Morgan fingerprint density at radius 1 is 1.08 bits per heavy atom. The summed E-state index contributed by atoms with van der Waals surface area (Å²) in [4.78, 5) is 8.66. The maximum atomic E-state index is 5.14. The molecule has 0 amide bonds. The van der Waals surface area contributed by atoms with Gasteiger partial charge in [0.05, 0.1) is 19.3 Å². The van der Waals surface area contributed by atoms with Crippen LogP contribution in [0.2, 0.25) is 0 Å². The van der Waals surface area contributed by atoms with Crippen LogP contribution in [0.3, 0.4) is 0 Å². The van der Waals surface area contributed by atoms with Gasteiger partial charge in [-0.1, -0.05) is 50.2 Å². The van der Waals surface area contributed by atoms with Gasteiger partial charge in [0.2, 0.25) is 5.88 Å². The zero-order chi connectivity index (χ0) is 17.4. The zero-order valence-electron chi connectivity index (χ0n) is 14.8. The lowest BCUT2D eigenvalue weighted by molar-refractivity contribution is 0.396. The van der Waals surface area contributed by atoms with E-state index in [1.165, 1.54) is 5.56 Å². The Morgan fingerprint density at radius 2 is 1.83 bits per heavy atom. The molecule has 2 N–H and O–H groups in total. The van der Waals surface area contributed by atoms with Crippen LogP contribution in [0.4, 0.5) is 0 Å². The molecule has 0 fully saturated rings. The molecule has 2 aromatic rings. The van der Waals surface area contributed by atoms with Crippen molar-refractivity contribution in [3.63, 3.8) is 0 Å². The van der Waals surface area contributed by atoms with Crippen LogP contribution in [0.1, 0.15) is 25.1 Å². The molecule has 1 aromatic carbocycles. The fourth-order valence-electron chi connectivity index (χ4n) is 2.36. The minimum Gasteiger partial charge on any atom is -0.481 e. The number of nitrogens with zero attached hydrogens (tertiary/aromatic N) is 2. The number of hydrogen-bond acceptors (Lipinski definition) is 3. The van der Waals surface area contributed by atoms with E-state index in [1.54, 1.807) is 14.2 Å². The van der Waals surface area contributed by atoms with Crippen molar-refractivity contribution in [1.82, 2.24) is 15.6 Å². The van der Waals surface area contributed by atoms with E-state index in [4.69, 9.17) is 4.74 Å². The molecule has 0 atom stereocenters. The largest absolute Gasteiger partial charge is 0.481 e. The van der Waals surface area contributed by atoms with Crippen LogP contribution in [-0.2, 0) is 12.0 Å². The molecule has 5 nitrogen and oxygen atoms in total. The number of hydrogen-bond donors (Lipinski definition) is 2. The number of guanidine groups is 1. The predicted molar refractivity (Wildman–Crippen MR) is 98.5 cm³/mol. The van der Waals surface area contributed by atoms with Crippen LogP contribution in [0.5, 0.6) is 5.88 Å². The van der Waals surface area contributed by atoms with Gasteiger partial charge in [-0.25, -0.2) is 4.98 Å². The topological polar surface area (TPSA) is 58.5 Å². The molecule has 1 aromatic heterocycles. The third-order valence-electron chi connectivity index (χ3n) is 3.90. The Hall–Kier alpha value is -2.56. The smallest absolute Gasteiger partial charge is 0.213 e. The van der Waals surface area contributed by atoms with Gasteiger partial charge >= 0.3 is 0 Å². The number of ether oxygens (including phenoxy) is 1. The van der Waals surface area contributed by atoms with Gasteiger partial charge in [0.15, 0.2) is 5.96 Å². The van der Waals surface area contributed by atoms with Gasteiger partial charge in [-0.15, -0.1) is 0 Å². The summed E-state index contributed by atoms with van der Waals surface area (Å²) in [6.45, 7) is 5.79. The SMILES string of the molecule is CN=C(NCc1cccc(OC)n1)NCC(C)(C)c1ccccc1. The Balaban J connectivity index is 1.90. The Bertz CT molecular complexity index is 668. The molecule has 0 aliphatic heterocycles. The van der Waals surface area contributed by atoms with Crippen molar-refractivity contribution in [1.29, 1.82) is 0 Å². The Labute approximate surface area is 144 Å². The summed E-state index contributed by atoms with van der Waals surface area (Å²) < 4.78 is 5.14. The first-order valence-electron chi connectivity index (χ1n) is 8.05. The Kier molecular flexibility index (Phi) is 6.18. The van der Waals surface area contributed by atoms with E-state index < -0.39 is 0 Å². The van der Waals surface area contributed by atoms with Gasteiger partial charge in [0.25, 0.3) is 0 Å². The number of aliphatic imine (C=N–C) groups is 1. The van der Waals surface area contributed by atoms with Gasteiger partial charge in [-0.2, -0.15) is 0 Å². The second-order valence-corrected chi connectivity index (χ2v) is 6.20. The molecule has 0 spiro atoms. The van der Waals surface area contributed by atoms with E-state index in [9.17, 15) is 0 Å². The molecule has 1 heterocycles. The molecule has 5 heteroatoms. The number of nitrogens with one attached hydrogen (secondary N) is 2. The number of aromatic nitrogens is 1. The first kappa shape index (κ1) is 17.8. The van der Waals surface area contributed by atoms with Crippen molar-refractivity contribution in [2.45, 2.75) is 25.8 Å². The van der Waals surface area contributed by atoms with Crippen LogP contribution in [0.25, 0.3) is 0 Å². The first-order chi connectivity index (χ1) is 11.5. The summed E-state index contributed by atoms with van der Waals surface area (Å²) >= 11 is 0. The van der Waals surface area contributed by atoms with Gasteiger partial charge < -0.3 is 15.4 Å². The molecular weight excluding hydrogens is 300 g/mol. The van der Waals surface area contributed by atoms with Crippen molar-refractivity contribution < 1.29 is 4.74 Å². The fraction of sp³-hybridized carbons (Fsp3) is 0.368. The normalized spacial score (nSPS) is 11.9. The second kappa shape index (κ2) is 8.34. The average Bonchev–Trinajstić information content (AvgIpc) is 2.62. The highest BCUT2D eigenvalue weighted by Gasteiger charge is 2.20. The molecular formula is C19H26N4O. The van der Waals surface area contributed by atoms with Crippen molar-refractivity contribution in [3.8, 4) is 5.88 Å². The van der Waals surface area contributed by atoms with E-state index in [0.29, 0.717) is 12.4 Å². The van der Waals surface area contributed by atoms with Crippen molar-refractivity contribution in [2.75, 3.05) is 20.7 Å². The summed E-state index contributed by atoms with van der Waals surface area (Å²) in [5, 5.41) is 6.67. The van der Waals surface area contributed by atoms with E-state index in [0.717, 1.165) is 18.2 Å². The lowest BCUT2D eigenvalue weighted by Gasteiger charge is -2.26. The van der Waals surface area contributed by atoms with E-state index in [-0.39, 0.29) is 5.41 Å². The van der Waals surface area contributed by atoms with Crippen molar-refractivity contribution in [3.05, 3.63) is 59.8 Å². The molecule has 0 unspecified atom stereocenters. The minimum atomic E-state index is 0.00704. The summed E-state index contributed by atoms with van der Waals surface area (Å²) in [7, 11) is 3.38. The molecule has 0 radical (unpaired) electrons. The minimum absolute atomic E-state index is 0.00704. The maximum Gasteiger partial charge on any atom is 0.213 e. The quantitative estimate of drug-likeness (QED) is 0.633. The van der Waals surface area contributed by atoms with Gasteiger partial charge in [0, 0.05) is 25.1 Å². The molecule has 24 heavy (non-hydrogen) atoms. The summed E-state index contributed by atoms with van der Waals surface area (Å²) in [5.41, 5.74) is 2.20. The molecule has 2 rings (SSSR count). The lowest BCUT2D eigenvalue weighted by Crippen LogP contribution is -2.43. The highest BCUT2D eigenvalue weighted by atomic mass is 16.5. The first-order valence-corrected chi connectivity index (χ1v) is 8.05. The lowest BCUT2D eigenvalue weighted by atomic mass is 9.85. The number of pyridine rings is 1. The van der Waals surface area contributed by atoms with Gasteiger partial charge in [-0.05, 0) is 11.6 Å². The monoisotopic (exact) mass is 326 g/mol. The van der Waals surface area contributed by atoms with E-state index >= 15 is 0 Å². The van der Waals surface area contributed by atoms with Gasteiger partial charge in [-0.3, -0.25) is 4.99 Å². The van der Waals surface area contributed by atoms with E-state index in [1.807, 2.05) is 24.3 Å². The van der Waals surface area contributed by atoms with E-state index in [2.05, 4.69) is 58.7 Å². The molecule has 0 aliphatic rings. The standard InChI is InChI=1S/C19H26N4O/c1-19(2,15-9-6-5-7-10-15)14-22-18(20-3)21-13-16-11-8-12-17(23-16)24-4/h5-12H,13-14H2,1-4H3,(H2,20,21,22). The van der Waals surface area contributed by atoms with Crippen LogP contribution in [0.15, 0.2) is 53.5 Å². The second-order valence-electron chi connectivity index (χ2n) is 6.20. The highest BCUT2D eigenvalue weighted by Crippen LogP contribution is 2.21. The van der Waals surface area contributed by atoms with Gasteiger partial charge in [0.1, 0.15) is 0 Å². The predicted octanol–water partition coefficient (Wildman–Crippen LogP) is 2.73. The third kappa shape index (κ3) is 4.98. The van der Waals surface area contributed by atoms with Crippen molar-refractivity contribution >= 4 is 5.96 Å². The fourth-order valence-corrected chi connectivity index (χ4v) is 2.36. The van der Waals surface area contributed by atoms with Crippen LogP contribution in [-0.4, -0.2) is 31.6 Å². The molecule has 0 saturated carbocycles. The van der Waals surface area contributed by atoms with Crippen LogP contribution < -0.4 is 15.4 Å². The summed E-state index contributed by atoms with van der Waals surface area (Å²) in [6.07, 6.45) is 0. The molecule has 0 bridgehead atoms. The number of benzene rings is 1. The molecule has 128 valence electrons. The zero-order valence-corrected chi connectivity index (χ0v) is 14.8. The van der Waals surface area contributed by atoms with Crippen molar-refractivity contribution in [2.24, 2.45) is 4.99 Å². The molecule has 0 aliphatic carbocycles. The Morgan fingerprint density at radius 3 is 2.50 bits per heavy atom. The number of methoxy groups -OCH3 is 1. The average molecular weight is 326 g/mol. The van der Waals surface area contributed by atoms with Crippen LogP contribution in [0, 0.1) is 0 Å².